The number of ether oxygens (including phenoxy) is 1. The average molecular weight is 372 g/mol. The van der Waals surface area contributed by atoms with Gasteiger partial charge in [-0.15, -0.1) is 0 Å². The lowest BCUT2D eigenvalue weighted by molar-refractivity contribution is -0.113. The topological polar surface area (TPSA) is 84.4 Å². The molecule has 3 rings (SSSR count). The largest absolute Gasteiger partial charge is 0.378 e. The maximum absolute atomic E-state index is 12.2. The van der Waals surface area contributed by atoms with Crippen LogP contribution < -0.4 is 10.2 Å². The summed E-state index contributed by atoms with van der Waals surface area (Å²) in [6.07, 6.45) is 1.52. The minimum Gasteiger partial charge on any atom is -0.378 e. The van der Waals surface area contributed by atoms with Crippen LogP contribution in [0.4, 0.5) is 11.5 Å². The number of benzene rings is 1. The second kappa shape index (κ2) is 8.77. The van der Waals surface area contributed by atoms with E-state index in [1.807, 2.05) is 6.07 Å². The molecule has 0 spiro atoms. The van der Waals surface area contributed by atoms with Crippen molar-refractivity contribution in [2.45, 2.75) is 11.9 Å². The molecule has 0 saturated carbocycles. The normalized spacial score (nSPS) is 14.1. The summed E-state index contributed by atoms with van der Waals surface area (Å²) in [6.45, 7) is 4.47. The molecule has 1 aromatic heterocycles. The molecule has 8 heteroatoms. The molecule has 1 fully saturated rings. The first-order valence-corrected chi connectivity index (χ1v) is 9.29. The molecule has 136 valence electrons. The zero-order valence-corrected chi connectivity index (χ0v) is 15.3. The van der Waals surface area contributed by atoms with Crippen LogP contribution in [0.1, 0.15) is 17.3 Å². The molecular formula is C18H20N4O3S. The minimum atomic E-state index is -0.151. The van der Waals surface area contributed by atoms with Crippen molar-refractivity contribution in [1.82, 2.24) is 9.97 Å². The third kappa shape index (κ3) is 5.03. The van der Waals surface area contributed by atoms with Crippen LogP contribution in [0, 0.1) is 0 Å². The number of morpholine rings is 1. The van der Waals surface area contributed by atoms with Crippen LogP contribution in [-0.2, 0) is 9.53 Å². The van der Waals surface area contributed by atoms with E-state index >= 15 is 0 Å². The Morgan fingerprint density at radius 3 is 2.81 bits per heavy atom. The van der Waals surface area contributed by atoms with Crippen molar-refractivity contribution in [3.63, 3.8) is 0 Å². The van der Waals surface area contributed by atoms with E-state index in [4.69, 9.17) is 4.74 Å². The number of carbonyl (C=O) groups excluding carboxylic acids is 2. The molecule has 0 bridgehead atoms. The Kier molecular flexibility index (Phi) is 6.19. The summed E-state index contributed by atoms with van der Waals surface area (Å²) in [5, 5.41) is 3.55. The molecule has 0 radical (unpaired) electrons. The number of hydrogen-bond acceptors (Lipinski definition) is 7. The summed E-state index contributed by atoms with van der Waals surface area (Å²) < 4.78 is 5.35. The van der Waals surface area contributed by atoms with Gasteiger partial charge in [-0.2, -0.15) is 0 Å². The number of hydrogen-bond donors (Lipinski definition) is 1. The molecule has 2 aromatic rings. The lowest BCUT2D eigenvalue weighted by Crippen LogP contribution is -2.36. The van der Waals surface area contributed by atoms with Gasteiger partial charge in [0.15, 0.2) is 5.78 Å². The van der Waals surface area contributed by atoms with Gasteiger partial charge >= 0.3 is 0 Å². The molecule has 0 unspecified atom stereocenters. The van der Waals surface area contributed by atoms with E-state index in [1.54, 1.807) is 24.3 Å². The van der Waals surface area contributed by atoms with Gasteiger partial charge in [0.25, 0.3) is 0 Å². The number of thioether (sulfide) groups is 1. The van der Waals surface area contributed by atoms with Crippen LogP contribution in [0.25, 0.3) is 0 Å². The number of rotatable bonds is 6. The van der Waals surface area contributed by atoms with Crippen molar-refractivity contribution in [3.05, 3.63) is 42.2 Å². The van der Waals surface area contributed by atoms with Gasteiger partial charge in [-0.05, 0) is 19.1 Å². The molecule has 1 amide bonds. The maximum Gasteiger partial charge on any atom is 0.234 e. The lowest BCUT2D eigenvalue weighted by atomic mass is 10.1. The van der Waals surface area contributed by atoms with Gasteiger partial charge in [-0.25, -0.2) is 9.97 Å². The monoisotopic (exact) mass is 372 g/mol. The number of carbonyl (C=O) groups is 2. The van der Waals surface area contributed by atoms with Crippen LogP contribution in [0.3, 0.4) is 0 Å². The van der Waals surface area contributed by atoms with Gasteiger partial charge in [0.05, 0.1) is 19.0 Å². The molecule has 1 N–H and O–H groups in total. The Balaban J connectivity index is 1.56. The first-order chi connectivity index (χ1) is 12.6. The molecule has 0 atom stereocenters. The van der Waals surface area contributed by atoms with Gasteiger partial charge in [0, 0.05) is 30.4 Å². The van der Waals surface area contributed by atoms with Crippen molar-refractivity contribution in [2.75, 3.05) is 42.3 Å². The number of aromatic nitrogens is 2. The number of anilines is 2. The van der Waals surface area contributed by atoms with Crippen molar-refractivity contribution < 1.29 is 14.3 Å². The smallest absolute Gasteiger partial charge is 0.234 e. The molecule has 1 aromatic carbocycles. The van der Waals surface area contributed by atoms with Crippen molar-refractivity contribution in [3.8, 4) is 0 Å². The van der Waals surface area contributed by atoms with E-state index in [-0.39, 0.29) is 17.4 Å². The maximum atomic E-state index is 12.2. The van der Waals surface area contributed by atoms with E-state index in [9.17, 15) is 9.59 Å². The summed E-state index contributed by atoms with van der Waals surface area (Å²) in [4.78, 5) is 34.2. The van der Waals surface area contributed by atoms with E-state index < -0.39 is 0 Å². The highest BCUT2D eigenvalue weighted by molar-refractivity contribution is 7.99. The first-order valence-electron chi connectivity index (χ1n) is 8.30. The highest BCUT2D eigenvalue weighted by Gasteiger charge is 2.14. The Labute approximate surface area is 156 Å². The van der Waals surface area contributed by atoms with E-state index in [2.05, 4.69) is 20.2 Å². The summed E-state index contributed by atoms with van der Waals surface area (Å²) in [6, 6.07) is 8.79. The van der Waals surface area contributed by atoms with Crippen LogP contribution in [0.15, 0.2) is 41.7 Å². The van der Waals surface area contributed by atoms with E-state index in [1.165, 1.54) is 25.0 Å². The Morgan fingerprint density at radius 1 is 1.23 bits per heavy atom. The first kappa shape index (κ1) is 18.3. The fraction of sp³-hybridized carbons (Fsp3) is 0.333. The van der Waals surface area contributed by atoms with Crippen LogP contribution in [0.2, 0.25) is 0 Å². The molecule has 2 heterocycles. The third-order valence-corrected chi connectivity index (χ3v) is 4.79. The summed E-state index contributed by atoms with van der Waals surface area (Å²) >= 11 is 1.35. The second-order valence-corrected chi connectivity index (χ2v) is 6.78. The molecule has 26 heavy (non-hydrogen) atoms. The molecule has 0 aliphatic carbocycles. The highest BCUT2D eigenvalue weighted by Crippen LogP contribution is 2.21. The van der Waals surface area contributed by atoms with E-state index in [0.29, 0.717) is 24.5 Å². The molecule has 1 aliphatic heterocycles. The molecular weight excluding hydrogens is 352 g/mol. The van der Waals surface area contributed by atoms with Crippen LogP contribution >= 0.6 is 11.8 Å². The van der Waals surface area contributed by atoms with Crippen LogP contribution in [0.5, 0.6) is 0 Å². The van der Waals surface area contributed by atoms with Crippen molar-refractivity contribution in [1.29, 1.82) is 0 Å². The van der Waals surface area contributed by atoms with Gasteiger partial charge in [-0.1, -0.05) is 23.9 Å². The molecule has 7 nitrogen and oxygen atoms in total. The Bertz CT molecular complexity index is 794. The zero-order valence-electron chi connectivity index (χ0n) is 14.5. The van der Waals surface area contributed by atoms with Crippen LogP contribution in [-0.4, -0.2) is 53.7 Å². The summed E-state index contributed by atoms with van der Waals surface area (Å²) in [5.74, 6) is 0.888. The predicted molar refractivity (Wildman–Crippen MR) is 101 cm³/mol. The quantitative estimate of drug-likeness (QED) is 0.473. The average Bonchev–Trinajstić information content (AvgIpc) is 2.67. The van der Waals surface area contributed by atoms with Gasteiger partial charge in [0.1, 0.15) is 17.2 Å². The minimum absolute atomic E-state index is 0.0351. The van der Waals surface area contributed by atoms with E-state index in [0.717, 1.165) is 23.9 Å². The van der Waals surface area contributed by atoms with Gasteiger partial charge < -0.3 is 15.0 Å². The number of ketones is 1. The molecule has 1 saturated heterocycles. The number of nitrogens with zero attached hydrogens (tertiary/aromatic N) is 3. The Hall–Kier alpha value is -2.45. The van der Waals surface area contributed by atoms with Gasteiger partial charge in [-0.3, -0.25) is 9.59 Å². The van der Waals surface area contributed by atoms with Crippen molar-refractivity contribution >= 4 is 35.0 Å². The fourth-order valence-corrected chi connectivity index (χ4v) is 3.19. The second-order valence-electron chi connectivity index (χ2n) is 5.79. The predicted octanol–water partition coefficient (Wildman–Crippen LogP) is 2.25. The SMILES string of the molecule is CC(=O)c1cccc(NC(=O)CSc2cc(N3CCOCC3)ncn2)c1. The lowest BCUT2D eigenvalue weighted by Gasteiger charge is -2.27. The standard InChI is InChI=1S/C18H20N4O3S/c1-13(23)14-3-2-4-15(9-14)21-17(24)11-26-18-10-16(19-12-20-18)22-5-7-25-8-6-22/h2-4,9-10,12H,5-8,11H2,1H3,(H,21,24). The number of Topliss-reactive ketones (excluding diaryl/α,β-unsaturated/α-hetero) is 1. The van der Waals surface area contributed by atoms with Gasteiger partial charge in [0.2, 0.25) is 5.91 Å². The zero-order chi connectivity index (χ0) is 18.4. The fourth-order valence-electron chi connectivity index (χ4n) is 2.53. The third-order valence-electron chi connectivity index (χ3n) is 3.87. The summed E-state index contributed by atoms with van der Waals surface area (Å²) in [7, 11) is 0. The highest BCUT2D eigenvalue weighted by atomic mass is 32.2. The van der Waals surface area contributed by atoms with Crippen molar-refractivity contribution in [2.24, 2.45) is 0 Å². The summed E-state index contributed by atoms with van der Waals surface area (Å²) in [5.41, 5.74) is 1.18. The number of nitrogens with one attached hydrogen (secondary N) is 1. The Morgan fingerprint density at radius 2 is 2.04 bits per heavy atom. The number of amides is 1. The molecule has 1 aliphatic rings.